The fourth-order valence-electron chi connectivity index (χ4n) is 2.04. The minimum Gasteiger partial charge on any atom is -0.351 e. The maximum atomic E-state index is 13.2. The number of carbonyl (C=O) groups excluding carboxylic acids is 1. The Kier molecular flexibility index (Phi) is 4.78. The first-order chi connectivity index (χ1) is 11.1. The molecule has 0 radical (unpaired) electrons. The van der Waals surface area contributed by atoms with Crippen molar-refractivity contribution in [3.05, 3.63) is 57.2 Å². The number of benzene rings is 1. The molecular formula is C16H14FN3OS2. The average Bonchev–Trinajstić information content (AvgIpc) is 3.14. The van der Waals surface area contributed by atoms with Crippen LogP contribution in [-0.2, 0) is 17.8 Å². The molecule has 2 aromatic heterocycles. The second kappa shape index (κ2) is 6.97. The maximum absolute atomic E-state index is 13.2. The predicted molar refractivity (Wildman–Crippen MR) is 89.9 cm³/mol. The van der Waals surface area contributed by atoms with Gasteiger partial charge in [-0.05, 0) is 19.1 Å². The standard InChI is InChI=1S/C16H14FN3OS2/c1-10-18-7-14(23-10)8-19-15(21)6-13-9-22-16(20-13)11-3-2-4-12(17)5-11/h2-5,7,9H,6,8H2,1H3,(H,19,21). The molecule has 118 valence electrons. The van der Waals surface area contributed by atoms with E-state index in [1.807, 2.05) is 12.3 Å². The monoisotopic (exact) mass is 347 g/mol. The summed E-state index contributed by atoms with van der Waals surface area (Å²) in [6, 6.07) is 6.29. The van der Waals surface area contributed by atoms with Crippen molar-refractivity contribution >= 4 is 28.6 Å². The molecule has 1 N–H and O–H groups in total. The zero-order valence-electron chi connectivity index (χ0n) is 12.4. The highest BCUT2D eigenvalue weighted by Crippen LogP contribution is 2.24. The van der Waals surface area contributed by atoms with Crippen molar-refractivity contribution < 1.29 is 9.18 Å². The summed E-state index contributed by atoms with van der Waals surface area (Å²) in [4.78, 5) is 21.5. The molecule has 0 saturated heterocycles. The molecule has 0 aliphatic carbocycles. The Morgan fingerprint density at radius 3 is 3.00 bits per heavy atom. The molecular weight excluding hydrogens is 333 g/mol. The van der Waals surface area contributed by atoms with E-state index < -0.39 is 0 Å². The van der Waals surface area contributed by atoms with Crippen LogP contribution in [0.4, 0.5) is 4.39 Å². The minimum atomic E-state index is -0.295. The van der Waals surface area contributed by atoms with Crippen LogP contribution in [-0.4, -0.2) is 15.9 Å². The van der Waals surface area contributed by atoms with Gasteiger partial charge in [-0.25, -0.2) is 14.4 Å². The van der Waals surface area contributed by atoms with Crippen LogP contribution in [0.2, 0.25) is 0 Å². The molecule has 4 nitrogen and oxygen atoms in total. The normalized spacial score (nSPS) is 10.7. The van der Waals surface area contributed by atoms with Crippen molar-refractivity contribution in [2.45, 2.75) is 19.9 Å². The number of amides is 1. The molecule has 1 amide bonds. The van der Waals surface area contributed by atoms with Crippen LogP contribution in [0, 0.1) is 12.7 Å². The Balaban J connectivity index is 1.59. The lowest BCUT2D eigenvalue weighted by atomic mass is 10.2. The lowest BCUT2D eigenvalue weighted by molar-refractivity contribution is -0.120. The number of rotatable bonds is 5. The SMILES string of the molecule is Cc1ncc(CNC(=O)Cc2csc(-c3cccc(F)c3)n2)s1. The molecule has 0 spiro atoms. The van der Waals surface area contributed by atoms with Gasteiger partial charge in [-0.1, -0.05) is 12.1 Å². The number of carbonyl (C=O) groups is 1. The summed E-state index contributed by atoms with van der Waals surface area (Å²) in [5.41, 5.74) is 1.41. The molecule has 23 heavy (non-hydrogen) atoms. The Morgan fingerprint density at radius 2 is 2.26 bits per heavy atom. The van der Waals surface area contributed by atoms with Crippen LogP contribution in [0.25, 0.3) is 10.6 Å². The molecule has 0 aliphatic heterocycles. The molecule has 0 atom stereocenters. The lowest BCUT2D eigenvalue weighted by Crippen LogP contribution is -2.24. The van der Waals surface area contributed by atoms with Crippen molar-refractivity contribution in [2.24, 2.45) is 0 Å². The molecule has 0 saturated carbocycles. The van der Waals surface area contributed by atoms with E-state index in [2.05, 4.69) is 15.3 Å². The maximum Gasteiger partial charge on any atom is 0.226 e. The summed E-state index contributed by atoms with van der Waals surface area (Å²) in [6.07, 6.45) is 1.98. The molecule has 2 heterocycles. The van der Waals surface area contributed by atoms with E-state index in [0.29, 0.717) is 17.2 Å². The second-order valence-electron chi connectivity index (χ2n) is 4.95. The number of halogens is 1. The first-order valence-electron chi connectivity index (χ1n) is 6.98. The summed E-state index contributed by atoms with van der Waals surface area (Å²) in [6.45, 7) is 2.41. The summed E-state index contributed by atoms with van der Waals surface area (Å²) >= 11 is 2.97. The molecule has 3 rings (SSSR count). The first kappa shape index (κ1) is 15.8. The molecule has 0 unspecified atom stereocenters. The third-order valence-electron chi connectivity index (χ3n) is 3.09. The number of hydrogen-bond acceptors (Lipinski definition) is 5. The zero-order valence-corrected chi connectivity index (χ0v) is 14.0. The predicted octanol–water partition coefficient (Wildman–Crippen LogP) is 3.57. The lowest BCUT2D eigenvalue weighted by Gasteiger charge is -2.01. The van der Waals surface area contributed by atoms with Gasteiger partial charge in [0.05, 0.1) is 23.7 Å². The van der Waals surface area contributed by atoms with Crippen LogP contribution in [0.5, 0.6) is 0 Å². The quantitative estimate of drug-likeness (QED) is 0.768. The van der Waals surface area contributed by atoms with E-state index in [1.165, 1.54) is 23.5 Å². The smallest absolute Gasteiger partial charge is 0.226 e. The van der Waals surface area contributed by atoms with E-state index in [0.717, 1.165) is 15.4 Å². The number of hydrogen-bond donors (Lipinski definition) is 1. The summed E-state index contributed by atoms with van der Waals surface area (Å²) in [5.74, 6) is -0.385. The molecule has 0 bridgehead atoms. The highest BCUT2D eigenvalue weighted by atomic mass is 32.1. The molecule has 0 fully saturated rings. The Bertz CT molecular complexity index is 828. The number of aromatic nitrogens is 2. The summed E-state index contributed by atoms with van der Waals surface area (Å²) in [7, 11) is 0. The Labute approximate surface area is 141 Å². The number of aryl methyl sites for hydroxylation is 1. The van der Waals surface area contributed by atoms with Crippen LogP contribution < -0.4 is 5.32 Å². The number of nitrogens with zero attached hydrogens (tertiary/aromatic N) is 2. The number of thiazole rings is 2. The van der Waals surface area contributed by atoms with E-state index in [1.54, 1.807) is 29.7 Å². The van der Waals surface area contributed by atoms with E-state index in [9.17, 15) is 9.18 Å². The van der Waals surface area contributed by atoms with Crippen LogP contribution in [0.1, 0.15) is 15.6 Å². The highest BCUT2D eigenvalue weighted by molar-refractivity contribution is 7.13. The van der Waals surface area contributed by atoms with Gasteiger partial charge >= 0.3 is 0 Å². The van der Waals surface area contributed by atoms with Gasteiger partial charge in [-0.3, -0.25) is 4.79 Å². The van der Waals surface area contributed by atoms with Gasteiger partial charge in [0, 0.05) is 22.0 Å². The van der Waals surface area contributed by atoms with E-state index >= 15 is 0 Å². The van der Waals surface area contributed by atoms with Crippen LogP contribution in [0.3, 0.4) is 0 Å². The fourth-order valence-corrected chi connectivity index (χ4v) is 3.59. The van der Waals surface area contributed by atoms with Gasteiger partial charge in [0.15, 0.2) is 0 Å². The van der Waals surface area contributed by atoms with Crippen molar-refractivity contribution in [1.82, 2.24) is 15.3 Å². The van der Waals surface area contributed by atoms with Crippen molar-refractivity contribution in [2.75, 3.05) is 0 Å². The van der Waals surface area contributed by atoms with Gasteiger partial charge in [0.2, 0.25) is 5.91 Å². The van der Waals surface area contributed by atoms with Gasteiger partial charge in [0.25, 0.3) is 0 Å². The van der Waals surface area contributed by atoms with E-state index in [4.69, 9.17) is 0 Å². The average molecular weight is 347 g/mol. The van der Waals surface area contributed by atoms with Gasteiger partial charge in [0.1, 0.15) is 10.8 Å². The van der Waals surface area contributed by atoms with Crippen LogP contribution in [0.15, 0.2) is 35.8 Å². The third-order valence-corrected chi connectivity index (χ3v) is 4.95. The summed E-state index contributed by atoms with van der Waals surface area (Å²) < 4.78 is 13.2. The molecule has 3 aromatic rings. The van der Waals surface area contributed by atoms with Crippen molar-refractivity contribution in [1.29, 1.82) is 0 Å². The molecule has 1 aromatic carbocycles. The van der Waals surface area contributed by atoms with Gasteiger partial charge < -0.3 is 5.32 Å². The van der Waals surface area contributed by atoms with Crippen LogP contribution >= 0.6 is 22.7 Å². The molecule has 0 aliphatic rings. The summed E-state index contributed by atoms with van der Waals surface area (Å²) in [5, 5.41) is 6.38. The zero-order chi connectivity index (χ0) is 16.2. The minimum absolute atomic E-state index is 0.0906. The third kappa shape index (κ3) is 4.20. The van der Waals surface area contributed by atoms with Gasteiger partial charge in [-0.2, -0.15) is 0 Å². The Morgan fingerprint density at radius 1 is 1.39 bits per heavy atom. The largest absolute Gasteiger partial charge is 0.351 e. The van der Waals surface area contributed by atoms with Gasteiger partial charge in [-0.15, -0.1) is 22.7 Å². The highest BCUT2D eigenvalue weighted by Gasteiger charge is 2.10. The second-order valence-corrected chi connectivity index (χ2v) is 7.13. The topological polar surface area (TPSA) is 54.9 Å². The van der Waals surface area contributed by atoms with Crippen molar-refractivity contribution in [3.8, 4) is 10.6 Å². The number of nitrogens with one attached hydrogen (secondary N) is 1. The Hall–Kier alpha value is -2.12. The fraction of sp³-hybridized carbons (Fsp3) is 0.188. The molecule has 7 heteroatoms. The first-order valence-corrected chi connectivity index (χ1v) is 8.68. The van der Waals surface area contributed by atoms with Crippen molar-refractivity contribution in [3.63, 3.8) is 0 Å². The van der Waals surface area contributed by atoms with E-state index in [-0.39, 0.29) is 18.1 Å².